The van der Waals surface area contributed by atoms with Crippen molar-refractivity contribution in [1.82, 2.24) is 0 Å². The Bertz CT molecular complexity index is 385. The molecule has 0 aliphatic rings. The first kappa shape index (κ1) is 11.9. The Morgan fingerprint density at radius 1 is 1.47 bits per heavy atom. The van der Waals surface area contributed by atoms with Gasteiger partial charge in [-0.1, -0.05) is 6.07 Å². The molecule has 0 aliphatic carbocycles. The number of methoxy groups -OCH3 is 1. The molecule has 0 aliphatic heterocycles. The molecular weight excluding hydrogens is 226 g/mol. The second kappa shape index (κ2) is 4.14. The van der Waals surface area contributed by atoms with Crippen LogP contribution in [0.5, 0.6) is 5.75 Å². The second-order valence-electron chi connectivity index (χ2n) is 3.01. The van der Waals surface area contributed by atoms with Gasteiger partial charge in [-0.05, 0) is 36.2 Å². The summed E-state index contributed by atoms with van der Waals surface area (Å²) in [5.41, 5.74) is 0.301. The van der Waals surface area contributed by atoms with Crippen LogP contribution < -0.4 is 4.74 Å². The molecule has 0 amide bonds. The normalized spacial score (nSPS) is 11.3. The van der Waals surface area contributed by atoms with Crippen molar-refractivity contribution < 1.29 is 18.3 Å². The van der Waals surface area contributed by atoms with Crippen LogP contribution >= 0.6 is 11.6 Å². The van der Waals surface area contributed by atoms with Crippen molar-refractivity contribution in [3.63, 3.8) is 0 Å². The van der Waals surface area contributed by atoms with Crippen LogP contribution in [-0.4, -0.2) is 18.3 Å². The zero-order valence-corrected chi connectivity index (χ0v) is 8.94. The first-order valence-electron chi connectivity index (χ1n) is 4.12. The van der Waals surface area contributed by atoms with Crippen LogP contribution in [0.15, 0.2) is 18.2 Å². The lowest BCUT2D eigenvalue weighted by molar-refractivity contribution is 0.0535. The highest BCUT2D eigenvalue weighted by molar-refractivity contribution is 6.35. The number of hydrogen-bond acceptors (Lipinski definition) is 2. The molecule has 0 radical (unpaired) electrons. The lowest BCUT2D eigenvalue weighted by Gasteiger charge is -2.10. The predicted octanol–water partition coefficient (Wildman–Crippen LogP) is 3.02. The van der Waals surface area contributed by atoms with Crippen molar-refractivity contribution in [2.75, 3.05) is 7.11 Å². The van der Waals surface area contributed by atoms with Gasteiger partial charge >= 0.3 is 5.38 Å². The van der Waals surface area contributed by atoms with Crippen LogP contribution in [-0.2, 0) is 0 Å². The van der Waals surface area contributed by atoms with E-state index in [1.165, 1.54) is 19.2 Å². The number of carbonyl (C=O) groups is 1. The summed E-state index contributed by atoms with van der Waals surface area (Å²) >= 11 is 4.66. The van der Waals surface area contributed by atoms with Crippen molar-refractivity contribution in [2.24, 2.45) is 0 Å². The number of halogens is 3. The van der Waals surface area contributed by atoms with Crippen LogP contribution in [0.4, 0.5) is 8.78 Å². The van der Waals surface area contributed by atoms with E-state index >= 15 is 0 Å². The molecule has 1 rings (SSSR count). The van der Waals surface area contributed by atoms with Gasteiger partial charge in [0.25, 0.3) is 0 Å². The Hall–Kier alpha value is -1.16. The van der Waals surface area contributed by atoms with Gasteiger partial charge < -0.3 is 4.74 Å². The molecule has 0 atom stereocenters. The summed E-state index contributed by atoms with van der Waals surface area (Å²) < 4.78 is 30.0. The standard InChI is InChI=1S/C10H9ClF2O2/c1-6-3-4-7(15-2)5-8(6)9(14)10(11,12)13/h3-5H,1-2H3. The van der Waals surface area contributed by atoms with Gasteiger partial charge in [-0.15, -0.1) is 0 Å². The second-order valence-corrected chi connectivity index (χ2v) is 3.48. The molecule has 0 heterocycles. The molecule has 0 aromatic heterocycles. The van der Waals surface area contributed by atoms with Gasteiger partial charge in [0.15, 0.2) is 0 Å². The van der Waals surface area contributed by atoms with Crippen LogP contribution in [0.25, 0.3) is 0 Å². The molecule has 0 saturated carbocycles. The number of benzene rings is 1. The molecule has 0 fully saturated rings. The largest absolute Gasteiger partial charge is 0.497 e. The fraction of sp³-hybridized carbons (Fsp3) is 0.300. The van der Waals surface area contributed by atoms with Crippen molar-refractivity contribution >= 4 is 17.4 Å². The quantitative estimate of drug-likeness (QED) is 0.594. The van der Waals surface area contributed by atoms with Gasteiger partial charge in [0, 0.05) is 5.56 Å². The van der Waals surface area contributed by atoms with Gasteiger partial charge in [-0.2, -0.15) is 8.78 Å². The monoisotopic (exact) mass is 234 g/mol. The number of ketones is 1. The maximum Gasteiger partial charge on any atom is 0.384 e. The molecule has 0 N–H and O–H groups in total. The van der Waals surface area contributed by atoms with Crippen LogP contribution in [0, 0.1) is 6.92 Å². The minimum Gasteiger partial charge on any atom is -0.497 e. The lowest BCUT2D eigenvalue weighted by atomic mass is 10.0. The van der Waals surface area contributed by atoms with E-state index < -0.39 is 11.2 Å². The third-order valence-electron chi connectivity index (χ3n) is 1.95. The van der Waals surface area contributed by atoms with Gasteiger partial charge in [0.2, 0.25) is 5.78 Å². The highest BCUT2D eigenvalue weighted by atomic mass is 35.5. The first-order valence-corrected chi connectivity index (χ1v) is 4.50. The molecule has 0 saturated heterocycles. The smallest absolute Gasteiger partial charge is 0.384 e. The van der Waals surface area contributed by atoms with Crippen molar-refractivity contribution in [1.29, 1.82) is 0 Å². The zero-order chi connectivity index (χ0) is 11.6. The van der Waals surface area contributed by atoms with Gasteiger partial charge in [0.1, 0.15) is 5.75 Å². The van der Waals surface area contributed by atoms with E-state index in [0.717, 1.165) is 0 Å². The van der Waals surface area contributed by atoms with Crippen LogP contribution in [0.3, 0.4) is 0 Å². The average Bonchev–Trinajstić information content (AvgIpc) is 2.16. The maximum atomic E-state index is 12.6. The minimum absolute atomic E-state index is 0.130. The summed E-state index contributed by atoms with van der Waals surface area (Å²) in [6, 6.07) is 4.35. The number of ether oxygens (including phenoxy) is 1. The molecule has 5 heteroatoms. The molecule has 82 valence electrons. The predicted molar refractivity (Wildman–Crippen MR) is 52.9 cm³/mol. The highest BCUT2D eigenvalue weighted by Gasteiger charge is 2.37. The average molecular weight is 235 g/mol. The third-order valence-corrected chi connectivity index (χ3v) is 2.12. The number of alkyl halides is 3. The summed E-state index contributed by atoms with van der Waals surface area (Å²) in [6.45, 7) is 1.55. The van der Waals surface area contributed by atoms with E-state index in [-0.39, 0.29) is 5.56 Å². The molecule has 2 nitrogen and oxygen atoms in total. The molecule has 0 bridgehead atoms. The topological polar surface area (TPSA) is 26.3 Å². The number of rotatable bonds is 3. The van der Waals surface area contributed by atoms with Crippen LogP contribution in [0.1, 0.15) is 15.9 Å². The van der Waals surface area contributed by atoms with E-state index in [4.69, 9.17) is 4.74 Å². The lowest BCUT2D eigenvalue weighted by Crippen LogP contribution is -2.22. The summed E-state index contributed by atoms with van der Waals surface area (Å²) in [6.07, 6.45) is 0. The Morgan fingerprint density at radius 3 is 2.53 bits per heavy atom. The Balaban J connectivity index is 3.19. The number of aryl methyl sites for hydroxylation is 1. The molecule has 1 aromatic rings. The third kappa shape index (κ3) is 2.65. The van der Waals surface area contributed by atoms with E-state index in [2.05, 4.69) is 11.6 Å². The van der Waals surface area contributed by atoms with Crippen molar-refractivity contribution in [2.45, 2.75) is 12.3 Å². The maximum absolute atomic E-state index is 12.6. The van der Waals surface area contributed by atoms with Crippen molar-refractivity contribution in [3.05, 3.63) is 29.3 Å². The number of hydrogen-bond donors (Lipinski definition) is 0. The number of carbonyl (C=O) groups excluding carboxylic acids is 1. The highest BCUT2D eigenvalue weighted by Crippen LogP contribution is 2.27. The fourth-order valence-electron chi connectivity index (χ4n) is 1.13. The molecule has 1 aromatic carbocycles. The van der Waals surface area contributed by atoms with Gasteiger partial charge in [-0.3, -0.25) is 4.79 Å². The zero-order valence-electron chi connectivity index (χ0n) is 8.18. The van der Waals surface area contributed by atoms with E-state index in [1.807, 2.05) is 0 Å². The molecule has 0 unspecified atom stereocenters. The van der Waals surface area contributed by atoms with E-state index in [9.17, 15) is 13.6 Å². The Morgan fingerprint density at radius 2 is 2.07 bits per heavy atom. The van der Waals surface area contributed by atoms with E-state index in [1.54, 1.807) is 13.0 Å². The number of Topliss-reactive ketones (excluding diaryl/α,β-unsaturated/α-hetero) is 1. The summed E-state index contributed by atoms with van der Waals surface area (Å²) in [4.78, 5) is 11.2. The van der Waals surface area contributed by atoms with Gasteiger partial charge in [-0.25, -0.2) is 0 Å². The summed E-state index contributed by atoms with van der Waals surface area (Å²) in [5.74, 6) is -1.08. The van der Waals surface area contributed by atoms with Gasteiger partial charge in [0.05, 0.1) is 7.11 Å². The minimum atomic E-state index is -3.88. The summed E-state index contributed by atoms with van der Waals surface area (Å²) in [7, 11) is 1.39. The molecule has 0 spiro atoms. The fourth-order valence-corrected chi connectivity index (χ4v) is 1.23. The van der Waals surface area contributed by atoms with Crippen LogP contribution in [0.2, 0.25) is 0 Å². The van der Waals surface area contributed by atoms with E-state index in [0.29, 0.717) is 11.3 Å². The Labute approximate surface area is 90.8 Å². The molecular formula is C10H9ClF2O2. The first-order chi connectivity index (χ1) is 6.86. The Kier molecular flexibility index (Phi) is 3.29. The molecule has 15 heavy (non-hydrogen) atoms. The van der Waals surface area contributed by atoms with Crippen molar-refractivity contribution in [3.8, 4) is 5.75 Å². The summed E-state index contributed by atoms with van der Waals surface area (Å²) in [5, 5.41) is -3.88. The SMILES string of the molecule is COc1ccc(C)c(C(=O)C(F)(F)Cl)c1.